The van der Waals surface area contributed by atoms with E-state index in [0.717, 1.165) is 49.3 Å². The van der Waals surface area contributed by atoms with E-state index in [-0.39, 0.29) is 3.66 Å². The van der Waals surface area contributed by atoms with Crippen LogP contribution >= 0.6 is 0 Å². The molecule has 1 amide bonds. The van der Waals surface area contributed by atoms with Crippen LogP contribution in [0.25, 0.3) is 0 Å². The van der Waals surface area contributed by atoms with Crippen molar-refractivity contribution >= 4 is 25.1 Å². The van der Waals surface area contributed by atoms with E-state index >= 15 is 0 Å². The van der Waals surface area contributed by atoms with Gasteiger partial charge in [0.2, 0.25) is 0 Å². The van der Waals surface area contributed by atoms with Gasteiger partial charge in [0.1, 0.15) is 0 Å². The fourth-order valence-electron chi connectivity index (χ4n) is 3.92. The Balaban J connectivity index is 1.59. The van der Waals surface area contributed by atoms with Crippen LogP contribution in [0.3, 0.4) is 0 Å². The van der Waals surface area contributed by atoms with Gasteiger partial charge >= 0.3 is 166 Å². The molecule has 0 unspecified atom stereocenters. The zero-order chi connectivity index (χ0) is 19.4. The number of hydrogen-bond acceptors (Lipinski definition) is 3. The van der Waals surface area contributed by atoms with Gasteiger partial charge in [0, 0.05) is 0 Å². The van der Waals surface area contributed by atoms with Crippen molar-refractivity contribution in [2.45, 2.75) is 29.7 Å². The predicted octanol–water partition coefficient (Wildman–Crippen LogP) is 3.46. The van der Waals surface area contributed by atoms with Crippen LogP contribution in [0.4, 0.5) is 18.0 Å². The molecule has 2 aliphatic heterocycles. The van der Waals surface area contributed by atoms with E-state index in [9.17, 15) is 18.0 Å². The van der Waals surface area contributed by atoms with Crippen LogP contribution in [0, 0.1) is 0 Å². The fourth-order valence-corrected chi connectivity index (χ4v) is 12.4. The second-order valence-electron chi connectivity index (χ2n) is 7.19. The summed E-state index contributed by atoms with van der Waals surface area (Å²) in [4.78, 5) is 16.8. The summed E-state index contributed by atoms with van der Waals surface area (Å²) in [5, 5.41) is 2.85. The molecule has 1 saturated heterocycles. The SMILES string of the molecule is CN[C](=O)[In]1[CH2]CCC=[C]1N1CCN(Cc2cccc(C(F)(F)F)c2)CC1. The third kappa shape index (κ3) is 5.22. The number of nitrogens with one attached hydrogen (secondary N) is 1. The zero-order valence-electron chi connectivity index (χ0n) is 15.6. The number of allylic oxidation sites excluding steroid dienone is 1. The average molecular weight is 483 g/mol. The molecule has 1 fully saturated rings. The van der Waals surface area contributed by atoms with Crippen LogP contribution in [-0.2, 0) is 12.7 Å². The molecular formula is C19H25F3InN3O. The van der Waals surface area contributed by atoms with E-state index in [1.165, 1.54) is 15.6 Å². The summed E-state index contributed by atoms with van der Waals surface area (Å²) >= 11 is -2.42. The second-order valence-corrected chi connectivity index (χ2v) is 15.2. The predicted molar refractivity (Wildman–Crippen MR) is 101 cm³/mol. The standard InChI is InChI=1S/C17H21F3N2.C2H4NO.In/c1-2-3-4-8-21-9-11-22(12-10-21)14-15-6-5-7-16(13-15)17(18,19)20;1-3-2-4;/h4-7,13H,1-3,9-12,14H2;1H3,(H,3,4);. The van der Waals surface area contributed by atoms with Crippen LogP contribution in [0.5, 0.6) is 0 Å². The summed E-state index contributed by atoms with van der Waals surface area (Å²) in [5.74, 6) is 0. The van der Waals surface area contributed by atoms with E-state index in [1.54, 1.807) is 13.1 Å². The minimum absolute atomic E-state index is 0.272. The van der Waals surface area contributed by atoms with Crippen LogP contribution in [0.15, 0.2) is 33.8 Å². The number of halogens is 3. The molecular weight excluding hydrogens is 458 g/mol. The van der Waals surface area contributed by atoms with Gasteiger partial charge in [-0.15, -0.1) is 0 Å². The molecule has 0 atom stereocenters. The van der Waals surface area contributed by atoms with E-state index in [1.807, 2.05) is 0 Å². The Hall–Kier alpha value is -1.15. The number of alkyl halides is 3. The first kappa shape index (κ1) is 20.6. The quantitative estimate of drug-likeness (QED) is 0.713. The summed E-state index contributed by atoms with van der Waals surface area (Å²) < 4.78 is 41.3. The number of benzene rings is 1. The van der Waals surface area contributed by atoms with Gasteiger partial charge in [0.05, 0.1) is 0 Å². The molecule has 0 bridgehead atoms. The third-order valence-corrected chi connectivity index (χ3v) is 14.6. The maximum atomic E-state index is 12.9. The molecule has 1 N–H and O–H groups in total. The van der Waals surface area contributed by atoms with E-state index in [4.69, 9.17) is 0 Å². The molecule has 4 nitrogen and oxygen atoms in total. The summed E-state index contributed by atoms with van der Waals surface area (Å²) in [7, 11) is 1.72. The molecule has 1 aromatic carbocycles. The number of nitrogens with zero attached hydrogens (tertiary/aromatic N) is 2. The maximum absolute atomic E-state index is 12.9. The normalized spacial score (nSPS) is 19.0. The molecule has 0 spiro atoms. The number of carbonyl (C=O) groups excluding carboxylic acids is 1. The molecule has 2 heterocycles. The molecule has 146 valence electrons. The molecule has 0 saturated carbocycles. The van der Waals surface area contributed by atoms with Gasteiger partial charge in [-0.05, 0) is 0 Å². The van der Waals surface area contributed by atoms with Crippen molar-refractivity contribution in [1.82, 2.24) is 15.1 Å². The number of carbonyl (C=O) groups is 1. The van der Waals surface area contributed by atoms with Crippen molar-refractivity contribution in [1.29, 1.82) is 0 Å². The van der Waals surface area contributed by atoms with E-state index in [2.05, 4.69) is 21.2 Å². The Labute approximate surface area is 165 Å². The Morgan fingerprint density at radius 1 is 1.22 bits per heavy atom. The number of amides is 1. The van der Waals surface area contributed by atoms with Gasteiger partial charge in [0.15, 0.2) is 0 Å². The van der Waals surface area contributed by atoms with E-state index in [0.29, 0.717) is 12.1 Å². The number of piperazine rings is 1. The molecule has 3 rings (SSSR count). The second kappa shape index (κ2) is 8.90. The van der Waals surface area contributed by atoms with Gasteiger partial charge in [-0.1, -0.05) is 0 Å². The van der Waals surface area contributed by atoms with Crippen molar-refractivity contribution < 1.29 is 18.0 Å². The van der Waals surface area contributed by atoms with Crippen LogP contribution in [-0.4, -0.2) is 68.1 Å². The van der Waals surface area contributed by atoms with Crippen molar-refractivity contribution in [2.24, 2.45) is 0 Å². The minimum atomic E-state index is -4.30. The molecule has 0 aliphatic carbocycles. The zero-order valence-corrected chi connectivity index (χ0v) is 18.9. The summed E-state index contributed by atoms with van der Waals surface area (Å²) in [6, 6.07) is 5.59. The first-order valence-corrected chi connectivity index (χ1v) is 15.1. The summed E-state index contributed by atoms with van der Waals surface area (Å²) in [6.07, 6.45) is 0.128. The average Bonchev–Trinajstić information content (AvgIpc) is 2.67. The molecule has 0 aromatic heterocycles. The Morgan fingerprint density at radius 2 is 1.96 bits per heavy atom. The fraction of sp³-hybridized carbons (Fsp3) is 0.526. The van der Waals surface area contributed by atoms with Gasteiger partial charge in [-0.2, -0.15) is 0 Å². The first-order chi connectivity index (χ1) is 12.9. The van der Waals surface area contributed by atoms with Crippen molar-refractivity contribution in [2.75, 3.05) is 33.2 Å². The van der Waals surface area contributed by atoms with Gasteiger partial charge in [0.25, 0.3) is 0 Å². The van der Waals surface area contributed by atoms with Gasteiger partial charge < -0.3 is 0 Å². The molecule has 1 aromatic rings. The number of rotatable bonds is 4. The number of hydrogen-bond donors (Lipinski definition) is 1. The van der Waals surface area contributed by atoms with Crippen LogP contribution in [0.2, 0.25) is 4.18 Å². The monoisotopic (exact) mass is 483 g/mol. The van der Waals surface area contributed by atoms with Crippen LogP contribution in [0.1, 0.15) is 24.0 Å². The van der Waals surface area contributed by atoms with Crippen LogP contribution < -0.4 is 5.32 Å². The first-order valence-electron chi connectivity index (χ1n) is 9.43. The Bertz CT molecular complexity index is 700. The van der Waals surface area contributed by atoms with E-state index < -0.39 is 33.2 Å². The van der Waals surface area contributed by atoms with Gasteiger partial charge in [-0.25, -0.2) is 0 Å². The topological polar surface area (TPSA) is 35.6 Å². The van der Waals surface area contributed by atoms with Crippen molar-refractivity contribution in [3.05, 3.63) is 44.9 Å². The van der Waals surface area contributed by atoms with Crippen molar-refractivity contribution in [3.63, 3.8) is 0 Å². The molecule has 0 radical (unpaired) electrons. The Kier molecular flexibility index (Phi) is 6.79. The molecule has 2 aliphatic rings. The summed E-state index contributed by atoms with van der Waals surface area (Å²) in [6.45, 7) is 3.82. The molecule has 27 heavy (non-hydrogen) atoms. The molecule has 8 heteroatoms. The van der Waals surface area contributed by atoms with Gasteiger partial charge in [-0.3, -0.25) is 0 Å². The third-order valence-electron chi connectivity index (χ3n) is 5.37. The Morgan fingerprint density at radius 3 is 2.63 bits per heavy atom. The van der Waals surface area contributed by atoms with Crippen molar-refractivity contribution in [3.8, 4) is 0 Å². The summed E-state index contributed by atoms with van der Waals surface area (Å²) in [5.41, 5.74) is 0.103.